The van der Waals surface area contributed by atoms with Crippen LogP contribution in [0.25, 0.3) is 0 Å². The monoisotopic (exact) mass is 276 g/mol. The van der Waals surface area contributed by atoms with Crippen LogP contribution in [0.5, 0.6) is 0 Å². The molecule has 0 saturated heterocycles. The van der Waals surface area contributed by atoms with E-state index in [1.54, 1.807) is 6.07 Å². The van der Waals surface area contributed by atoms with E-state index in [1.165, 1.54) is 12.1 Å². The van der Waals surface area contributed by atoms with Crippen LogP contribution >= 0.6 is 27.5 Å². The lowest BCUT2D eigenvalue weighted by atomic mass is 10.2. The number of nitrogens with one attached hydrogen (secondary N) is 1. The molecule has 0 aliphatic rings. The lowest BCUT2D eigenvalue weighted by Gasteiger charge is -2.02. The van der Waals surface area contributed by atoms with Gasteiger partial charge in [0.25, 0.3) is 5.91 Å². The van der Waals surface area contributed by atoms with E-state index in [-0.39, 0.29) is 0 Å². The van der Waals surface area contributed by atoms with Gasteiger partial charge < -0.3 is 5.73 Å². The standard InChI is InChI=1S/C8H6BrClN2O2/c9-5-3-4(1-2-6(5)10)7(13)12-8(11)14/h1-3H,(H3,11,12,13,14). The molecule has 0 heterocycles. The highest BCUT2D eigenvalue weighted by Crippen LogP contribution is 2.22. The number of urea groups is 1. The zero-order chi connectivity index (χ0) is 10.7. The van der Waals surface area contributed by atoms with Gasteiger partial charge in [-0.15, -0.1) is 0 Å². The van der Waals surface area contributed by atoms with Crippen molar-refractivity contribution >= 4 is 39.5 Å². The molecule has 3 N–H and O–H groups in total. The minimum atomic E-state index is -0.888. The van der Waals surface area contributed by atoms with E-state index in [9.17, 15) is 9.59 Å². The van der Waals surface area contributed by atoms with E-state index >= 15 is 0 Å². The highest BCUT2D eigenvalue weighted by molar-refractivity contribution is 9.10. The minimum absolute atomic E-state index is 0.306. The number of primary amides is 1. The van der Waals surface area contributed by atoms with Gasteiger partial charge in [0, 0.05) is 10.0 Å². The van der Waals surface area contributed by atoms with Crippen LogP contribution in [0.15, 0.2) is 22.7 Å². The second-order valence-electron chi connectivity index (χ2n) is 2.45. The van der Waals surface area contributed by atoms with Gasteiger partial charge in [-0.25, -0.2) is 4.79 Å². The molecule has 1 aromatic rings. The summed E-state index contributed by atoms with van der Waals surface area (Å²) in [5.41, 5.74) is 5.10. The Balaban J connectivity index is 2.91. The number of nitrogens with two attached hydrogens (primary N) is 1. The third-order valence-electron chi connectivity index (χ3n) is 1.42. The first kappa shape index (κ1) is 11.0. The highest BCUT2D eigenvalue weighted by atomic mass is 79.9. The van der Waals surface area contributed by atoms with Crippen LogP contribution in [0, 0.1) is 0 Å². The largest absolute Gasteiger partial charge is 0.351 e. The van der Waals surface area contributed by atoms with Gasteiger partial charge >= 0.3 is 6.03 Å². The molecule has 0 fully saturated rings. The Kier molecular flexibility index (Phi) is 3.49. The molecule has 0 atom stereocenters. The molecule has 0 unspecified atom stereocenters. The third-order valence-corrected chi connectivity index (χ3v) is 2.63. The molecular weight excluding hydrogens is 271 g/mol. The van der Waals surface area contributed by atoms with Gasteiger partial charge in [-0.1, -0.05) is 11.6 Å². The van der Waals surface area contributed by atoms with E-state index in [2.05, 4.69) is 15.9 Å². The lowest BCUT2D eigenvalue weighted by molar-refractivity contribution is 0.0966. The summed E-state index contributed by atoms with van der Waals surface area (Å²) in [6.45, 7) is 0. The van der Waals surface area contributed by atoms with E-state index in [0.29, 0.717) is 15.1 Å². The summed E-state index contributed by atoms with van der Waals surface area (Å²) in [5, 5.41) is 2.43. The molecule has 1 rings (SSSR count). The zero-order valence-electron chi connectivity index (χ0n) is 6.88. The quantitative estimate of drug-likeness (QED) is 0.823. The summed E-state index contributed by atoms with van der Waals surface area (Å²) in [7, 11) is 0. The van der Waals surface area contributed by atoms with Crippen molar-refractivity contribution in [1.29, 1.82) is 0 Å². The summed E-state index contributed by atoms with van der Waals surface area (Å²) in [5.74, 6) is -0.560. The second kappa shape index (κ2) is 4.43. The number of benzene rings is 1. The molecule has 0 radical (unpaired) electrons. The Morgan fingerprint density at radius 3 is 2.57 bits per heavy atom. The predicted octanol–water partition coefficient (Wildman–Crippen LogP) is 1.91. The van der Waals surface area contributed by atoms with Crippen molar-refractivity contribution in [1.82, 2.24) is 5.32 Å². The normalized spacial score (nSPS) is 9.57. The van der Waals surface area contributed by atoms with E-state index in [0.717, 1.165) is 0 Å². The number of halogens is 2. The Bertz CT molecular complexity index is 395. The van der Waals surface area contributed by atoms with Gasteiger partial charge in [0.2, 0.25) is 0 Å². The van der Waals surface area contributed by atoms with Crippen LogP contribution in [0.2, 0.25) is 5.02 Å². The number of hydrogen-bond acceptors (Lipinski definition) is 2. The fourth-order valence-electron chi connectivity index (χ4n) is 0.821. The van der Waals surface area contributed by atoms with Gasteiger partial charge in [-0.3, -0.25) is 10.1 Å². The molecule has 0 aliphatic carbocycles. The molecule has 0 aliphatic heterocycles. The Labute approximate surface area is 93.5 Å². The molecule has 14 heavy (non-hydrogen) atoms. The lowest BCUT2D eigenvalue weighted by Crippen LogP contribution is -2.34. The molecule has 0 spiro atoms. The zero-order valence-corrected chi connectivity index (χ0v) is 9.22. The summed E-state index contributed by atoms with van der Waals surface area (Å²) in [6.07, 6.45) is 0. The average molecular weight is 278 g/mol. The van der Waals surface area contributed by atoms with Crippen molar-refractivity contribution < 1.29 is 9.59 Å². The van der Waals surface area contributed by atoms with Crippen molar-refractivity contribution in [3.8, 4) is 0 Å². The van der Waals surface area contributed by atoms with Crippen LogP contribution in [0.3, 0.4) is 0 Å². The SMILES string of the molecule is NC(=O)NC(=O)c1ccc(Cl)c(Br)c1. The third kappa shape index (κ3) is 2.71. The molecule has 3 amide bonds. The van der Waals surface area contributed by atoms with Crippen LogP contribution in [0.1, 0.15) is 10.4 Å². The molecule has 6 heteroatoms. The Morgan fingerprint density at radius 1 is 1.43 bits per heavy atom. The molecule has 0 bridgehead atoms. The van der Waals surface area contributed by atoms with Crippen LogP contribution in [-0.2, 0) is 0 Å². The first-order valence-electron chi connectivity index (χ1n) is 3.56. The number of hydrogen-bond donors (Lipinski definition) is 2. The first-order chi connectivity index (χ1) is 6.50. The van der Waals surface area contributed by atoms with E-state index in [4.69, 9.17) is 17.3 Å². The highest BCUT2D eigenvalue weighted by Gasteiger charge is 2.08. The first-order valence-corrected chi connectivity index (χ1v) is 4.73. The minimum Gasteiger partial charge on any atom is -0.351 e. The smallest absolute Gasteiger partial charge is 0.319 e. The number of carbonyl (C=O) groups excluding carboxylic acids is 2. The van der Waals surface area contributed by atoms with E-state index < -0.39 is 11.9 Å². The molecule has 0 aromatic heterocycles. The van der Waals surface area contributed by atoms with Crippen molar-refractivity contribution in [3.05, 3.63) is 33.3 Å². The van der Waals surface area contributed by atoms with Gasteiger partial charge in [-0.05, 0) is 34.1 Å². The summed E-state index contributed by atoms with van der Waals surface area (Å²) in [4.78, 5) is 21.6. The van der Waals surface area contributed by atoms with Crippen LogP contribution < -0.4 is 11.1 Å². The fraction of sp³-hybridized carbons (Fsp3) is 0. The van der Waals surface area contributed by atoms with Crippen molar-refractivity contribution in [2.75, 3.05) is 0 Å². The van der Waals surface area contributed by atoms with E-state index in [1.807, 2.05) is 5.32 Å². The fourth-order valence-corrected chi connectivity index (χ4v) is 1.32. The number of imide groups is 1. The molecule has 1 aromatic carbocycles. The summed E-state index contributed by atoms with van der Waals surface area (Å²) < 4.78 is 0.580. The van der Waals surface area contributed by atoms with Crippen LogP contribution in [-0.4, -0.2) is 11.9 Å². The summed E-state index contributed by atoms with van der Waals surface area (Å²) >= 11 is 8.87. The van der Waals surface area contributed by atoms with Crippen molar-refractivity contribution in [2.24, 2.45) is 5.73 Å². The molecule has 0 saturated carbocycles. The maximum absolute atomic E-state index is 11.2. The Hall–Kier alpha value is -1.07. The topological polar surface area (TPSA) is 72.2 Å². The maximum Gasteiger partial charge on any atom is 0.319 e. The molecule has 4 nitrogen and oxygen atoms in total. The predicted molar refractivity (Wildman–Crippen MR) is 56.2 cm³/mol. The summed E-state index contributed by atoms with van der Waals surface area (Å²) in [6, 6.07) is 3.65. The number of amides is 3. The molecular formula is C8H6BrClN2O2. The number of rotatable bonds is 1. The van der Waals surface area contributed by atoms with Gasteiger partial charge in [0.15, 0.2) is 0 Å². The van der Waals surface area contributed by atoms with Gasteiger partial charge in [-0.2, -0.15) is 0 Å². The van der Waals surface area contributed by atoms with Crippen molar-refractivity contribution in [3.63, 3.8) is 0 Å². The van der Waals surface area contributed by atoms with Gasteiger partial charge in [0.1, 0.15) is 0 Å². The molecule has 74 valence electrons. The van der Waals surface area contributed by atoms with Gasteiger partial charge in [0.05, 0.1) is 5.02 Å². The number of carbonyl (C=O) groups is 2. The Morgan fingerprint density at radius 2 is 2.07 bits per heavy atom. The van der Waals surface area contributed by atoms with Crippen molar-refractivity contribution in [2.45, 2.75) is 0 Å². The average Bonchev–Trinajstić information content (AvgIpc) is 2.08. The second-order valence-corrected chi connectivity index (χ2v) is 3.71. The van der Waals surface area contributed by atoms with Crippen LogP contribution in [0.4, 0.5) is 4.79 Å². The maximum atomic E-state index is 11.2.